The van der Waals surface area contributed by atoms with E-state index >= 15 is 0 Å². The summed E-state index contributed by atoms with van der Waals surface area (Å²) in [5.41, 5.74) is 1.65. The lowest BCUT2D eigenvalue weighted by molar-refractivity contribution is -0.141. The first-order valence-corrected chi connectivity index (χ1v) is 12.5. The molecule has 1 aliphatic carbocycles. The Hall–Kier alpha value is -3.19. The molecule has 2 aliphatic rings. The number of imide groups is 1. The predicted molar refractivity (Wildman–Crippen MR) is 133 cm³/mol. The molecular weight excluding hydrogens is 466 g/mol. The van der Waals surface area contributed by atoms with Gasteiger partial charge in [-0.25, -0.2) is 0 Å². The van der Waals surface area contributed by atoms with Crippen LogP contribution in [0.5, 0.6) is 0 Å². The van der Waals surface area contributed by atoms with Crippen LogP contribution in [-0.4, -0.2) is 52.1 Å². The first-order chi connectivity index (χ1) is 16.8. The number of hydrogen-bond acceptors (Lipinski definition) is 4. The molecule has 8 heteroatoms. The van der Waals surface area contributed by atoms with Crippen LogP contribution >= 0.6 is 11.6 Å². The highest BCUT2D eigenvalue weighted by atomic mass is 35.5. The third-order valence-corrected chi connectivity index (χ3v) is 7.04. The molecule has 7 nitrogen and oxygen atoms in total. The molecule has 1 fully saturated rings. The van der Waals surface area contributed by atoms with Gasteiger partial charge in [0.15, 0.2) is 0 Å². The lowest BCUT2D eigenvalue weighted by Gasteiger charge is -2.30. The van der Waals surface area contributed by atoms with Crippen LogP contribution in [0.1, 0.15) is 71.7 Å². The van der Waals surface area contributed by atoms with Gasteiger partial charge in [0.2, 0.25) is 11.8 Å². The standard InChI is InChI=1S/C27H30ClN3O4/c1-18(25(33)29-21-7-2-3-8-21)31(17-19-12-14-20(28)15-13-19)24(32)11-6-16-30-26(34)22-9-4-5-10-23(22)27(30)35/h4-5,9-10,12-15,18,21H,2-3,6-8,11,16-17H2,1H3,(H,29,33). The number of hydrogen-bond donors (Lipinski definition) is 1. The largest absolute Gasteiger partial charge is 0.352 e. The van der Waals surface area contributed by atoms with Crippen molar-refractivity contribution in [2.45, 2.75) is 64.1 Å². The Kier molecular flexibility index (Phi) is 7.86. The molecule has 4 amide bonds. The van der Waals surface area contributed by atoms with Crippen LogP contribution in [0.15, 0.2) is 48.5 Å². The van der Waals surface area contributed by atoms with Crippen molar-refractivity contribution >= 4 is 35.2 Å². The van der Waals surface area contributed by atoms with Crippen molar-refractivity contribution in [3.05, 3.63) is 70.2 Å². The number of fused-ring (bicyclic) bond motifs is 1. The number of carbonyl (C=O) groups excluding carboxylic acids is 4. The van der Waals surface area contributed by atoms with Crippen molar-refractivity contribution in [2.75, 3.05) is 6.54 Å². The van der Waals surface area contributed by atoms with E-state index in [1.54, 1.807) is 48.2 Å². The van der Waals surface area contributed by atoms with E-state index in [4.69, 9.17) is 11.6 Å². The van der Waals surface area contributed by atoms with Crippen molar-refractivity contribution in [3.8, 4) is 0 Å². The van der Waals surface area contributed by atoms with E-state index in [1.165, 1.54) is 4.90 Å². The Morgan fingerprint density at radius 3 is 2.23 bits per heavy atom. The summed E-state index contributed by atoms with van der Waals surface area (Å²) in [5.74, 6) is -1.04. The fourth-order valence-corrected chi connectivity index (χ4v) is 4.86. The second-order valence-corrected chi connectivity index (χ2v) is 9.66. The normalized spacial score (nSPS) is 16.3. The predicted octanol–water partition coefficient (Wildman–Crippen LogP) is 4.19. The molecule has 184 valence electrons. The number of benzene rings is 2. The van der Waals surface area contributed by atoms with E-state index in [9.17, 15) is 19.2 Å². The highest BCUT2D eigenvalue weighted by molar-refractivity contribution is 6.30. The monoisotopic (exact) mass is 495 g/mol. The van der Waals surface area contributed by atoms with Crippen LogP contribution in [0, 0.1) is 0 Å². The van der Waals surface area contributed by atoms with E-state index in [0.29, 0.717) is 22.6 Å². The first-order valence-electron chi connectivity index (χ1n) is 12.1. The molecule has 0 radical (unpaired) electrons. The molecule has 2 aromatic rings. The SMILES string of the molecule is CC(C(=O)NC1CCCC1)N(Cc1ccc(Cl)cc1)C(=O)CCCN1C(=O)c2ccccc2C1=O. The number of amides is 4. The minimum absolute atomic E-state index is 0.113. The number of nitrogens with zero attached hydrogens (tertiary/aromatic N) is 2. The zero-order valence-electron chi connectivity index (χ0n) is 19.8. The van der Waals surface area contributed by atoms with Gasteiger partial charge in [-0.15, -0.1) is 0 Å². The maximum absolute atomic E-state index is 13.3. The minimum atomic E-state index is -0.655. The topological polar surface area (TPSA) is 86.8 Å². The van der Waals surface area contributed by atoms with Gasteiger partial charge in [-0.05, 0) is 56.0 Å². The molecule has 0 aromatic heterocycles. The summed E-state index contributed by atoms with van der Waals surface area (Å²) in [7, 11) is 0. The number of rotatable bonds is 9. The Bertz CT molecular complexity index is 1080. The van der Waals surface area contributed by atoms with Gasteiger partial charge in [-0.2, -0.15) is 0 Å². The molecule has 1 N–H and O–H groups in total. The maximum Gasteiger partial charge on any atom is 0.261 e. The third kappa shape index (κ3) is 5.73. The first kappa shape index (κ1) is 24.9. The van der Waals surface area contributed by atoms with Gasteiger partial charge in [0.1, 0.15) is 6.04 Å². The molecule has 0 spiro atoms. The lowest BCUT2D eigenvalue weighted by Crippen LogP contribution is -2.49. The van der Waals surface area contributed by atoms with Gasteiger partial charge in [-0.1, -0.05) is 48.7 Å². The molecule has 0 bridgehead atoms. The minimum Gasteiger partial charge on any atom is -0.352 e. The number of nitrogens with one attached hydrogen (secondary N) is 1. The average Bonchev–Trinajstić information content (AvgIpc) is 3.45. The molecule has 4 rings (SSSR count). The van der Waals surface area contributed by atoms with Crippen LogP contribution in [0.25, 0.3) is 0 Å². The molecule has 2 aromatic carbocycles. The summed E-state index contributed by atoms with van der Waals surface area (Å²) < 4.78 is 0. The van der Waals surface area contributed by atoms with Crippen LogP contribution in [0.4, 0.5) is 0 Å². The van der Waals surface area contributed by atoms with Crippen LogP contribution in [0.3, 0.4) is 0 Å². The highest BCUT2D eigenvalue weighted by Gasteiger charge is 2.35. The third-order valence-electron chi connectivity index (χ3n) is 6.79. The molecule has 1 unspecified atom stereocenters. The van der Waals surface area contributed by atoms with Gasteiger partial charge in [0, 0.05) is 30.6 Å². The Labute approximate surface area is 210 Å². The molecular formula is C27H30ClN3O4. The fourth-order valence-electron chi connectivity index (χ4n) is 4.74. The zero-order chi connectivity index (χ0) is 24.9. The van der Waals surface area contributed by atoms with Crippen molar-refractivity contribution in [2.24, 2.45) is 0 Å². The van der Waals surface area contributed by atoms with Crippen molar-refractivity contribution < 1.29 is 19.2 Å². The highest BCUT2D eigenvalue weighted by Crippen LogP contribution is 2.23. The molecule has 1 aliphatic heterocycles. The summed E-state index contributed by atoms with van der Waals surface area (Å²) >= 11 is 6.00. The van der Waals surface area contributed by atoms with Gasteiger partial charge < -0.3 is 10.2 Å². The molecule has 0 saturated heterocycles. The van der Waals surface area contributed by atoms with Gasteiger partial charge in [0.05, 0.1) is 11.1 Å². The Balaban J connectivity index is 1.40. The van der Waals surface area contributed by atoms with Crippen LogP contribution in [-0.2, 0) is 16.1 Å². The van der Waals surface area contributed by atoms with Crippen molar-refractivity contribution in [3.63, 3.8) is 0 Å². The van der Waals surface area contributed by atoms with Crippen molar-refractivity contribution in [1.29, 1.82) is 0 Å². The average molecular weight is 496 g/mol. The van der Waals surface area contributed by atoms with E-state index in [2.05, 4.69) is 5.32 Å². The van der Waals surface area contributed by atoms with Gasteiger partial charge >= 0.3 is 0 Å². The molecule has 1 saturated carbocycles. The van der Waals surface area contributed by atoms with E-state index in [1.807, 2.05) is 12.1 Å². The lowest BCUT2D eigenvalue weighted by atomic mass is 10.1. The summed E-state index contributed by atoms with van der Waals surface area (Å²) in [6, 6.07) is 13.4. The van der Waals surface area contributed by atoms with E-state index in [0.717, 1.165) is 31.2 Å². The van der Waals surface area contributed by atoms with Gasteiger partial charge in [-0.3, -0.25) is 24.1 Å². The molecule has 1 heterocycles. The summed E-state index contributed by atoms with van der Waals surface area (Å²) in [6.45, 7) is 2.15. The van der Waals surface area contributed by atoms with Crippen LogP contribution < -0.4 is 5.32 Å². The fraction of sp³-hybridized carbons (Fsp3) is 0.407. The Morgan fingerprint density at radius 2 is 1.63 bits per heavy atom. The number of halogens is 1. The van der Waals surface area contributed by atoms with E-state index in [-0.39, 0.29) is 49.2 Å². The quantitative estimate of drug-likeness (QED) is 0.528. The summed E-state index contributed by atoms with van der Waals surface area (Å²) in [5, 5.41) is 3.68. The second kappa shape index (κ2) is 11.0. The Morgan fingerprint density at radius 1 is 1.03 bits per heavy atom. The maximum atomic E-state index is 13.3. The smallest absolute Gasteiger partial charge is 0.261 e. The van der Waals surface area contributed by atoms with E-state index < -0.39 is 6.04 Å². The zero-order valence-corrected chi connectivity index (χ0v) is 20.6. The molecule has 35 heavy (non-hydrogen) atoms. The summed E-state index contributed by atoms with van der Waals surface area (Å²) in [4.78, 5) is 54.2. The van der Waals surface area contributed by atoms with Crippen LogP contribution in [0.2, 0.25) is 5.02 Å². The molecule has 1 atom stereocenters. The summed E-state index contributed by atoms with van der Waals surface area (Å²) in [6.07, 6.45) is 4.56. The second-order valence-electron chi connectivity index (χ2n) is 9.23. The van der Waals surface area contributed by atoms with Crippen molar-refractivity contribution in [1.82, 2.24) is 15.1 Å². The van der Waals surface area contributed by atoms with Gasteiger partial charge in [0.25, 0.3) is 11.8 Å². The number of carbonyl (C=O) groups is 4.